The SMILES string of the molecule is O=C(NN=Cc1ccc(C=CCOc2c(Cl)cccc2Cl)cc1)c1ccc(O)c(Cl)c1. The molecule has 8 heteroatoms. The summed E-state index contributed by atoms with van der Waals surface area (Å²) in [6, 6.07) is 16.9. The molecule has 5 nitrogen and oxygen atoms in total. The summed E-state index contributed by atoms with van der Waals surface area (Å²) >= 11 is 17.9. The van der Waals surface area contributed by atoms with Crippen molar-refractivity contribution in [2.24, 2.45) is 5.10 Å². The summed E-state index contributed by atoms with van der Waals surface area (Å²) in [5.74, 6) is -0.0647. The number of carbonyl (C=O) groups excluding carboxylic acids is 1. The second kappa shape index (κ2) is 10.9. The predicted molar refractivity (Wildman–Crippen MR) is 126 cm³/mol. The van der Waals surface area contributed by atoms with Crippen LogP contribution in [0.5, 0.6) is 11.5 Å². The van der Waals surface area contributed by atoms with Crippen LogP contribution in [0.1, 0.15) is 21.5 Å². The second-order valence-corrected chi connectivity index (χ2v) is 7.52. The highest BCUT2D eigenvalue weighted by molar-refractivity contribution is 6.37. The molecule has 0 saturated heterocycles. The first kappa shape index (κ1) is 22.7. The predicted octanol–water partition coefficient (Wildman–Crippen LogP) is 6.21. The quantitative estimate of drug-likeness (QED) is 0.315. The van der Waals surface area contributed by atoms with Crippen molar-refractivity contribution >= 4 is 53.0 Å². The minimum absolute atomic E-state index is 0.0879. The van der Waals surface area contributed by atoms with Gasteiger partial charge in [-0.25, -0.2) is 5.43 Å². The molecule has 158 valence electrons. The van der Waals surface area contributed by atoms with Gasteiger partial charge in [-0.2, -0.15) is 5.10 Å². The van der Waals surface area contributed by atoms with Crippen molar-refractivity contribution in [3.63, 3.8) is 0 Å². The molecule has 0 aliphatic heterocycles. The van der Waals surface area contributed by atoms with Crippen molar-refractivity contribution < 1.29 is 14.6 Å². The van der Waals surface area contributed by atoms with Crippen LogP contribution >= 0.6 is 34.8 Å². The van der Waals surface area contributed by atoms with Gasteiger partial charge in [0, 0.05) is 5.56 Å². The van der Waals surface area contributed by atoms with Gasteiger partial charge in [0.1, 0.15) is 12.4 Å². The van der Waals surface area contributed by atoms with Crippen LogP contribution in [0.15, 0.2) is 71.8 Å². The third-order valence-electron chi connectivity index (χ3n) is 4.08. The molecule has 0 saturated carbocycles. The van der Waals surface area contributed by atoms with E-state index in [1.807, 2.05) is 36.4 Å². The first-order valence-corrected chi connectivity index (χ1v) is 10.2. The van der Waals surface area contributed by atoms with E-state index >= 15 is 0 Å². The van der Waals surface area contributed by atoms with E-state index in [4.69, 9.17) is 39.5 Å². The molecule has 0 atom stereocenters. The zero-order chi connectivity index (χ0) is 22.2. The van der Waals surface area contributed by atoms with Crippen LogP contribution in [-0.2, 0) is 0 Å². The molecule has 0 radical (unpaired) electrons. The van der Waals surface area contributed by atoms with E-state index in [1.54, 1.807) is 18.2 Å². The van der Waals surface area contributed by atoms with Gasteiger partial charge < -0.3 is 9.84 Å². The second-order valence-electron chi connectivity index (χ2n) is 6.30. The van der Waals surface area contributed by atoms with Crippen LogP contribution in [0.2, 0.25) is 15.1 Å². The van der Waals surface area contributed by atoms with Crippen LogP contribution in [-0.4, -0.2) is 23.8 Å². The van der Waals surface area contributed by atoms with Gasteiger partial charge in [0.2, 0.25) is 0 Å². The number of amides is 1. The van der Waals surface area contributed by atoms with Crippen molar-refractivity contribution in [2.75, 3.05) is 6.61 Å². The van der Waals surface area contributed by atoms with E-state index in [9.17, 15) is 9.90 Å². The average Bonchev–Trinajstić information content (AvgIpc) is 2.75. The Balaban J connectivity index is 1.50. The molecule has 0 aromatic heterocycles. The molecule has 3 rings (SSSR count). The molecule has 3 aromatic carbocycles. The molecule has 0 fully saturated rings. The minimum Gasteiger partial charge on any atom is -0.506 e. The molecular formula is C23H17Cl3N2O3. The number of carbonyl (C=O) groups is 1. The number of hydrogen-bond acceptors (Lipinski definition) is 4. The lowest BCUT2D eigenvalue weighted by molar-refractivity contribution is 0.0955. The van der Waals surface area contributed by atoms with Crippen LogP contribution < -0.4 is 10.2 Å². The number of para-hydroxylation sites is 1. The van der Waals surface area contributed by atoms with Gasteiger partial charge in [-0.3, -0.25) is 4.79 Å². The number of nitrogens with one attached hydrogen (secondary N) is 1. The maximum absolute atomic E-state index is 12.0. The summed E-state index contributed by atoms with van der Waals surface area (Å²) in [7, 11) is 0. The zero-order valence-corrected chi connectivity index (χ0v) is 18.3. The summed E-state index contributed by atoms with van der Waals surface area (Å²) in [6.45, 7) is 0.319. The molecule has 0 aliphatic rings. The first-order chi connectivity index (χ1) is 14.9. The summed E-state index contributed by atoms with van der Waals surface area (Å²) in [4.78, 5) is 12.0. The largest absolute Gasteiger partial charge is 0.506 e. The fourth-order valence-corrected chi connectivity index (χ4v) is 3.19. The number of ether oxygens (including phenoxy) is 1. The van der Waals surface area contributed by atoms with Crippen LogP contribution in [0.25, 0.3) is 6.08 Å². The van der Waals surface area contributed by atoms with E-state index in [2.05, 4.69) is 10.5 Å². The van der Waals surface area contributed by atoms with Crippen molar-refractivity contribution in [3.05, 3.63) is 98.5 Å². The van der Waals surface area contributed by atoms with Gasteiger partial charge in [-0.1, -0.05) is 71.2 Å². The van der Waals surface area contributed by atoms with Crippen molar-refractivity contribution in [3.8, 4) is 11.5 Å². The van der Waals surface area contributed by atoms with Crippen molar-refractivity contribution in [1.82, 2.24) is 5.43 Å². The Morgan fingerprint density at radius 2 is 1.65 bits per heavy atom. The van der Waals surface area contributed by atoms with Crippen LogP contribution in [0.3, 0.4) is 0 Å². The lowest BCUT2D eigenvalue weighted by Crippen LogP contribution is -2.17. The van der Waals surface area contributed by atoms with Crippen molar-refractivity contribution in [2.45, 2.75) is 0 Å². The van der Waals surface area contributed by atoms with Crippen molar-refractivity contribution in [1.29, 1.82) is 0 Å². The molecule has 1 amide bonds. The summed E-state index contributed by atoms with van der Waals surface area (Å²) < 4.78 is 5.60. The molecule has 0 heterocycles. The Morgan fingerprint density at radius 3 is 2.32 bits per heavy atom. The number of phenols is 1. The number of benzene rings is 3. The molecule has 0 unspecified atom stereocenters. The number of halogens is 3. The number of nitrogens with zero attached hydrogens (tertiary/aromatic N) is 1. The minimum atomic E-state index is -0.434. The Kier molecular flexibility index (Phi) is 7.95. The van der Waals surface area contributed by atoms with Gasteiger partial charge in [-0.15, -0.1) is 0 Å². The summed E-state index contributed by atoms with van der Waals surface area (Å²) in [5, 5.41) is 14.4. The van der Waals surface area contributed by atoms with Crippen LogP contribution in [0.4, 0.5) is 0 Å². The summed E-state index contributed by atoms with van der Waals surface area (Å²) in [6.07, 6.45) is 5.28. The topological polar surface area (TPSA) is 70.9 Å². The normalized spacial score (nSPS) is 11.2. The fourth-order valence-electron chi connectivity index (χ4n) is 2.51. The lowest BCUT2D eigenvalue weighted by Gasteiger charge is -2.07. The van der Waals surface area contributed by atoms with Gasteiger partial charge in [0.15, 0.2) is 5.75 Å². The Hall–Kier alpha value is -2.99. The lowest BCUT2D eigenvalue weighted by atomic mass is 10.1. The number of hydrogen-bond donors (Lipinski definition) is 2. The molecule has 2 N–H and O–H groups in total. The van der Waals surface area contributed by atoms with Gasteiger partial charge in [-0.05, 0) is 47.5 Å². The number of aromatic hydroxyl groups is 1. The summed E-state index contributed by atoms with van der Waals surface area (Å²) in [5.41, 5.74) is 4.48. The monoisotopic (exact) mass is 474 g/mol. The Bertz CT molecular complexity index is 1110. The number of rotatable bonds is 7. The van der Waals surface area contributed by atoms with Gasteiger partial charge in [0.25, 0.3) is 5.91 Å². The highest BCUT2D eigenvalue weighted by atomic mass is 35.5. The van der Waals surface area contributed by atoms with E-state index in [0.717, 1.165) is 11.1 Å². The maximum atomic E-state index is 12.0. The van der Waals surface area contributed by atoms with Crippen LogP contribution in [0, 0.1) is 0 Å². The third kappa shape index (κ3) is 6.49. The number of hydrazone groups is 1. The van der Waals surface area contributed by atoms with E-state index in [0.29, 0.717) is 28.0 Å². The molecule has 0 aliphatic carbocycles. The molecule has 31 heavy (non-hydrogen) atoms. The van der Waals surface area contributed by atoms with E-state index in [-0.39, 0.29) is 10.8 Å². The maximum Gasteiger partial charge on any atom is 0.271 e. The molecule has 3 aromatic rings. The standard InChI is InChI=1S/C23H17Cl3N2O3/c24-18-4-1-5-19(25)22(18)31-12-2-3-15-6-8-16(9-7-15)14-27-28-23(30)17-10-11-21(29)20(26)13-17/h1-11,13-14,29H,12H2,(H,28,30). The molecular weight excluding hydrogens is 459 g/mol. The average molecular weight is 476 g/mol. The van der Waals surface area contributed by atoms with Gasteiger partial charge >= 0.3 is 0 Å². The zero-order valence-electron chi connectivity index (χ0n) is 16.1. The first-order valence-electron chi connectivity index (χ1n) is 9.09. The molecule has 0 spiro atoms. The highest BCUT2D eigenvalue weighted by Crippen LogP contribution is 2.32. The Morgan fingerprint density at radius 1 is 0.968 bits per heavy atom. The Labute approximate surface area is 194 Å². The third-order valence-corrected chi connectivity index (χ3v) is 4.98. The molecule has 0 bridgehead atoms. The number of phenolic OH excluding ortho intramolecular Hbond substituents is 1. The van der Waals surface area contributed by atoms with E-state index in [1.165, 1.54) is 24.4 Å². The highest BCUT2D eigenvalue weighted by Gasteiger charge is 2.07. The van der Waals surface area contributed by atoms with E-state index < -0.39 is 5.91 Å². The smallest absolute Gasteiger partial charge is 0.271 e. The fraction of sp³-hybridized carbons (Fsp3) is 0.0435. The van der Waals surface area contributed by atoms with Gasteiger partial charge in [0.05, 0.1) is 21.3 Å².